The quantitative estimate of drug-likeness (QED) is 0.136. The summed E-state index contributed by atoms with van der Waals surface area (Å²) in [4.78, 5) is 11.1. The molecule has 0 unspecified atom stereocenters. The number of carbonyl (C=O) groups is 1. The molecule has 0 aliphatic rings. The van der Waals surface area contributed by atoms with E-state index in [1.54, 1.807) is 30.3 Å². The molecule has 0 amide bonds. The minimum absolute atomic E-state index is 0.0730. The lowest BCUT2D eigenvalue weighted by Gasteiger charge is -2.09. The number of aliphatic hydroxyl groups excluding tert-OH is 1. The van der Waals surface area contributed by atoms with Gasteiger partial charge in [-0.05, 0) is 65.7 Å². The predicted molar refractivity (Wildman–Crippen MR) is 172 cm³/mol. The van der Waals surface area contributed by atoms with Gasteiger partial charge in [0, 0.05) is 30.9 Å². The molecule has 6 aromatic rings. The molecule has 250 valence electrons. The van der Waals surface area contributed by atoms with E-state index in [1.165, 1.54) is 27.6 Å². The van der Waals surface area contributed by atoms with Gasteiger partial charge in [0.05, 0.1) is 47.6 Å². The van der Waals surface area contributed by atoms with Gasteiger partial charge in [-0.1, -0.05) is 64.6 Å². The maximum absolute atomic E-state index is 13.0. The van der Waals surface area contributed by atoms with Crippen LogP contribution in [-0.4, -0.2) is 31.0 Å². The van der Waals surface area contributed by atoms with E-state index in [0.29, 0.717) is 54.0 Å². The lowest BCUT2D eigenvalue weighted by molar-refractivity contribution is -0.138. The summed E-state index contributed by atoms with van der Waals surface area (Å²) in [6, 6.07) is 16.1. The molecule has 16 heteroatoms. The summed E-state index contributed by atoms with van der Waals surface area (Å²) in [6.07, 6.45) is -8.43. The Morgan fingerprint density at radius 2 is 1.10 bits per heavy atom. The number of fused-ring (bicyclic) bond motifs is 2. The zero-order chi connectivity index (χ0) is 35.0. The summed E-state index contributed by atoms with van der Waals surface area (Å²) in [5.74, 6) is 0. The lowest BCUT2D eigenvalue weighted by atomic mass is 10.1. The van der Waals surface area contributed by atoms with E-state index in [9.17, 15) is 36.2 Å². The SMILES string of the molecule is O=Cc1nn(Cc2ccc(Cl)cc2Cl)c2cc(C(F)(F)F)ccc12.OCc1nn(Cc2ccc(Cl)cc2Cl)c2cc(C(F)(F)F)ccc12. The Kier molecular flexibility index (Phi) is 10.3. The number of benzene rings is 4. The van der Waals surface area contributed by atoms with Crippen LogP contribution in [0.25, 0.3) is 21.8 Å². The van der Waals surface area contributed by atoms with Crippen LogP contribution in [-0.2, 0) is 32.0 Å². The molecule has 0 radical (unpaired) electrons. The van der Waals surface area contributed by atoms with Crippen molar-refractivity contribution >= 4 is 74.5 Å². The third-order valence-corrected chi connectivity index (χ3v) is 8.37. The van der Waals surface area contributed by atoms with E-state index in [4.69, 9.17) is 46.4 Å². The highest BCUT2D eigenvalue weighted by Crippen LogP contribution is 2.34. The second-order valence-electron chi connectivity index (χ2n) is 10.4. The summed E-state index contributed by atoms with van der Waals surface area (Å²) in [6.45, 7) is -0.0985. The fourth-order valence-corrected chi connectivity index (χ4v) is 5.80. The number of halogens is 10. The van der Waals surface area contributed by atoms with Gasteiger partial charge < -0.3 is 5.11 Å². The van der Waals surface area contributed by atoms with E-state index in [2.05, 4.69) is 10.2 Å². The normalized spacial score (nSPS) is 12.0. The molecular formula is C32H20Cl4F6N4O2. The average molecular weight is 748 g/mol. The molecule has 0 fully saturated rings. The van der Waals surface area contributed by atoms with Crippen LogP contribution in [0.2, 0.25) is 20.1 Å². The fraction of sp³-hybridized carbons (Fsp3) is 0.156. The lowest BCUT2D eigenvalue weighted by Crippen LogP contribution is -2.06. The number of carbonyl (C=O) groups excluding carboxylic acids is 1. The first-order chi connectivity index (χ1) is 22.6. The molecule has 0 saturated carbocycles. The largest absolute Gasteiger partial charge is 0.416 e. The molecule has 6 nitrogen and oxygen atoms in total. The van der Waals surface area contributed by atoms with Gasteiger partial charge in [0.2, 0.25) is 0 Å². The third kappa shape index (κ3) is 7.74. The molecule has 48 heavy (non-hydrogen) atoms. The van der Waals surface area contributed by atoms with Gasteiger partial charge in [0.25, 0.3) is 0 Å². The minimum Gasteiger partial charge on any atom is -0.390 e. The second kappa shape index (κ2) is 14.0. The van der Waals surface area contributed by atoms with Crippen LogP contribution < -0.4 is 0 Å². The highest BCUT2D eigenvalue weighted by molar-refractivity contribution is 6.35. The Morgan fingerprint density at radius 3 is 1.54 bits per heavy atom. The summed E-state index contributed by atoms with van der Waals surface area (Å²) in [5, 5.41) is 20.2. The van der Waals surface area contributed by atoms with Crippen LogP contribution >= 0.6 is 46.4 Å². The number of aliphatic hydroxyl groups is 1. The molecule has 0 aliphatic heterocycles. The standard InChI is InChI=1S/C16H11Cl2F3N2O.C16H9Cl2F3N2O/c2*17-11-3-1-9(13(18)6-11)7-23-15-5-10(16(19,20)21)2-4-12(15)14(8-24)22-23/h1-6,24H,7-8H2;1-6,8H,7H2. The van der Waals surface area contributed by atoms with Crippen LogP contribution in [0, 0.1) is 0 Å². The van der Waals surface area contributed by atoms with Crippen LogP contribution in [0.5, 0.6) is 0 Å². The van der Waals surface area contributed by atoms with Crippen molar-refractivity contribution < 1.29 is 36.2 Å². The van der Waals surface area contributed by atoms with Gasteiger partial charge in [0.1, 0.15) is 5.69 Å². The highest BCUT2D eigenvalue weighted by atomic mass is 35.5. The van der Waals surface area contributed by atoms with Crippen molar-refractivity contribution in [1.82, 2.24) is 19.6 Å². The molecule has 1 N–H and O–H groups in total. The van der Waals surface area contributed by atoms with Crippen molar-refractivity contribution in [3.8, 4) is 0 Å². The monoisotopic (exact) mass is 746 g/mol. The first-order valence-electron chi connectivity index (χ1n) is 13.7. The Hall–Kier alpha value is -3.81. The maximum atomic E-state index is 13.0. The van der Waals surface area contributed by atoms with Gasteiger partial charge in [-0.3, -0.25) is 14.2 Å². The maximum Gasteiger partial charge on any atom is 0.416 e. The summed E-state index contributed by atoms with van der Waals surface area (Å²) in [7, 11) is 0. The van der Waals surface area contributed by atoms with Crippen LogP contribution in [0.15, 0.2) is 72.8 Å². The zero-order valence-electron chi connectivity index (χ0n) is 24.1. The summed E-state index contributed by atoms with van der Waals surface area (Å²) >= 11 is 23.9. The number of alkyl halides is 6. The van der Waals surface area contributed by atoms with Crippen LogP contribution in [0.4, 0.5) is 26.3 Å². The highest BCUT2D eigenvalue weighted by Gasteiger charge is 2.32. The molecule has 4 aromatic carbocycles. The average Bonchev–Trinajstić information content (AvgIpc) is 3.56. The number of aromatic nitrogens is 4. The van der Waals surface area contributed by atoms with Crippen LogP contribution in [0.3, 0.4) is 0 Å². The van der Waals surface area contributed by atoms with E-state index in [0.717, 1.165) is 24.3 Å². The predicted octanol–water partition coefficient (Wildman–Crippen LogP) is 10.1. The van der Waals surface area contributed by atoms with Crippen molar-refractivity contribution in [3.05, 3.63) is 127 Å². The zero-order valence-corrected chi connectivity index (χ0v) is 27.1. The molecule has 0 spiro atoms. The molecule has 2 aromatic heterocycles. The van der Waals surface area contributed by atoms with Crippen molar-refractivity contribution in [2.45, 2.75) is 32.0 Å². The number of rotatable bonds is 6. The second-order valence-corrected chi connectivity index (χ2v) is 12.0. The van der Waals surface area contributed by atoms with E-state index in [1.807, 2.05) is 0 Å². The Balaban J connectivity index is 0.000000188. The first-order valence-corrected chi connectivity index (χ1v) is 15.2. The summed E-state index contributed by atoms with van der Waals surface area (Å²) in [5.41, 5.74) is 0.566. The first kappa shape index (κ1) is 35.5. The number of aldehydes is 1. The van der Waals surface area contributed by atoms with E-state index in [-0.39, 0.29) is 36.4 Å². The van der Waals surface area contributed by atoms with Gasteiger partial charge in [-0.25, -0.2) is 0 Å². The molecule has 0 aliphatic carbocycles. The molecule has 0 atom stereocenters. The molecular weight excluding hydrogens is 728 g/mol. The van der Waals surface area contributed by atoms with Gasteiger partial charge in [-0.2, -0.15) is 36.5 Å². The Morgan fingerprint density at radius 1 is 0.646 bits per heavy atom. The molecule has 0 bridgehead atoms. The van der Waals surface area contributed by atoms with Crippen LogP contribution in [0.1, 0.15) is 38.4 Å². The smallest absolute Gasteiger partial charge is 0.390 e. The third-order valence-electron chi connectivity index (χ3n) is 7.19. The number of hydrogen-bond donors (Lipinski definition) is 1. The molecule has 2 heterocycles. The minimum atomic E-state index is -4.48. The van der Waals surface area contributed by atoms with Gasteiger partial charge in [0.15, 0.2) is 6.29 Å². The summed E-state index contributed by atoms with van der Waals surface area (Å²) < 4.78 is 80.4. The van der Waals surface area contributed by atoms with Crippen molar-refractivity contribution in [2.75, 3.05) is 0 Å². The Labute approximate surface area is 288 Å². The van der Waals surface area contributed by atoms with Crippen molar-refractivity contribution in [1.29, 1.82) is 0 Å². The van der Waals surface area contributed by atoms with E-state index >= 15 is 0 Å². The molecule has 6 rings (SSSR count). The fourth-order valence-electron chi connectivity index (χ4n) is 4.86. The van der Waals surface area contributed by atoms with Crippen molar-refractivity contribution in [3.63, 3.8) is 0 Å². The van der Waals surface area contributed by atoms with Crippen molar-refractivity contribution in [2.24, 2.45) is 0 Å². The molecule has 0 saturated heterocycles. The Bertz CT molecular complexity index is 2140. The number of nitrogens with zero attached hydrogens (tertiary/aromatic N) is 4. The topological polar surface area (TPSA) is 72.9 Å². The van der Waals surface area contributed by atoms with E-state index < -0.39 is 23.5 Å². The number of hydrogen-bond acceptors (Lipinski definition) is 4. The van der Waals surface area contributed by atoms with Gasteiger partial charge in [-0.15, -0.1) is 0 Å². The van der Waals surface area contributed by atoms with Gasteiger partial charge >= 0.3 is 12.4 Å².